The highest BCUT2D eigenvalue weighted by Gasteiger charge is 2.09. The molecule has 4 heteroatoms. The third-order valence-corrected chi connectivity index (χ3v) is 4.56. The van der Waals surface area contributed by atoms with Gasteiger partial charge in [0.05, 0.1) is 11.2 Å². The molecule has 0 saturated carbocycles. The second-order valence-electron chi connectivity index (χ2n) is 5.26. The van der Waals surface area contributed by atoms with Crippen LogP contribution in [0.5, 0.6) is 0 Å². The molecular formula is C14H27N3S. The largest absolute Gasteiger partial charge is 0.309 e. The molecule has 0 fully saturated rings. The Labute approximate surface area is 116 Å². The van der Waals surface area contributed by atoms with Gasteiger partial charge in [-0.1, -0.05) is 0 Å². The van der Waals surface area contributed by atoms with Crippen LogP contribution >= 0.6 is 11.3 Å². The topological polar surface area (TPSA) is 28.2 Å². The van der Waals surface area contributed by atoms with Crippen LogP contribution in [0.1, 0.15) is 50.2 Å². The maximum absolute atomic E-state index is 4.30. The monoisotopic (exact) mass is 269 g/mol. The summed E-state index contributed by atoms with van der Waals surface area (Å²) >= 11 is 1.75. The van der Waals surface area contributed by atoms with E-state index in [1.54, 1.807) is 11.3 Å². The molecule has 1 atom stereocenters. The minimum absolute atomic E-state index is 0.431. The molecule has 1 heterocycles. The first kappa shape index (κ1) is 15.6. The quantitative estimate of drug-likeness (QED) is 0.734. The van der Waals surface area contributed by atoms with Crippen LogP contribution in [0.4, 0.5) is 0 Å². The van der Waals surface area contributed by atoms with Gasteiger partial charge in [-0.2, -0.15) is 0 Å². The van der Waals surface area contributed by atoms with Gasteiger partial charge in [0, 0.05) is 17.0 Å². The van der Waals surface area contributed by atoms with Crippen LogP contribution in [-0.2, 0) is 0 Å². The first-order valence-corrected chi connectivity index (χ1v) is 7.74. The predicted molar refractivity (Wildman–Crippen MR) is 80.3 cm³/mol. The van der Waals surface area contributed by atoms with Crippen LogP contribution < -0.4 is 5.32 Å². The van der Waals surface area contributed by atoms with Crippen molar-refractivity contribution in [2.24, 2.45) is 0 Å². The van der Waals surface area contributed by atoms with Crippen LogP contribution in [0.15, 0.2) is 5.51 Å². The fourth-order valence-corrected chi connectivity index (χ4v) is 2.72. The van der Waals surface area contributed by atoms with Crippen molar-refractivity contribution in [3.05, 3.63) is 16.1 Å². The molecular weight excluding hydrogens is 242 g/mol. The average molecular weight is 269 g/mol. The average Bonchev–Trinajstić information content (AvgIpc) is 2.74. The Morgan fingerprint density at radius 3 is 2.61 bits per heavy atom. The maximum atomic E-state index is 4.30. The molecule has 0 amide bonds. The molecule has 0 bridgehead atoms. The molecule has 0 aliphatic rings. The molecule has 0 aromatic carbocycles. The Morgan fingerprint density at radius 2 is 2.06 bits per heavy atom. The van der Waals surface area contributed by atoms with Gasteiger partial charge in [-0.05, 0) is 60.7 Å². The summed E-state index contributed by atoms with van der Waals surface area (Å²) in [6.07, 6.45) is 2.50. The van der Waals surface area contributed by atoms with Crippen molar-refractivity contribution in [2.75, 3.05) is 20.1 Å². The summed E-state index contributed by atoms with van der Waals surface area (Å²) in [4.78, 5) is 8.07. The minimum atomic E-state index is 0.431. The molecule has 0 spiro atoms. The summed E-state index contributed by atoms with van der Waals surface area (Å²) in [5.74, 6) is 0. The third kappa shape index (κ3) is 5.04. The van der Waals surface area contributed by atoms with E-state index in [9.17, 15) is 0 Å². The van der Waals surface area contributed by atoms with Crippen molar-refractivity contribution in [3.63, 3.8) is 0 Å². The van der Waals surface area contributed by atoms with E-state index in [1.807, 2.05) is 5.51 Å². The molecule has 104 valence electrons. The maximum Gasteiger partial charge on any atom is 0.0798 e. The molecule has 0 radical (unpaired) electrons. The van der Waals surface area contributed by atoms with Gasteiger partial charge in [0.25, 0.3) is 0 Å². The zero-order valence-electron chi connectivity index (χ0n) is 12.4. The molecule has 0 aliphatic carbocycles. The summed E-state index contributed by atoms with van der Waals surface area (Å²) in [5, 5.41) is 3.58. The van der Waals surface area contributed by atoms with Crippen LogP contribution in [0.3, 0.4) is 0 Å². The van der Waals surface area contributed by atoms with E-state index < -0.39 is 0 Å². The summed E-state index contributed by atoms with van der Waals surface area (Å²) in [5.41, 5.74) is 3.10. The smallest absolute Gasteiger partial charge is 0.0798 e. The number of unbranched alkanes of at least 4 members (excludes halogenated alkanes) is 1. The van der Waals surface area contributed by atoms with Crippen LogP contribution in [0, 0.1) is 6.92 Å². The number of hydrogen-bond donors (Lipinski definition) is 1. The van der Waals surface area contributed by atoms with Crippen LogP contribution in [0.2, 0.25) is 0 Å². The second kappa shape index (κ2) is 7.87. The van der Waals surface area contributed by atoms with Crippen molar-refractivity contribution in [1.29, 1.82) is 0 Å². The van der Waals surface area contributed by atoms with Gasteiger partial charge < -0.3 is 10.2 Å². The van der Waals surface area contributed by atoms with Gasteiger partial charge in [0.15, 0.2) is 0 Å². The molecule has 1 aromatic heterocycles. The number of aromatic nitrogens is 1. The number of hydrogen-bond acceptors (Lipinski definition) is 4. The third-order valence-electron chi connectivity index (χ3n) is 3.45. The summed E-state index contributed by atoms with van der Waals surface area (Å²) in [7, 11) is 2.20. The van der Waals surface area contributed by atoms with Crippen molar-refractivity contribution in [3.8, 4) is 0 Å². The van der Waals surface area contributed by atoms with Gasteiger partial charge in [-0.25, -0.2) is 4.98 Å². The number of nitrogens with one attached hydrogen (secondary N) is 1. The number of thiazole rings is 1. The molecule has 1 aromatic rings. The van der Waals surface area contributed by atoms with Gasteiger partial charge in [0.1, 0.15) is 0 Å². The number of nitrogens with zero attached hydrogens (tertiary/aromatic N) is 2. The molecule has 1 N–H and O–H groups in total. The van der Waals surface area contributed by atoms with Crippen LogP contribution in [0.25, 0.3) is 0 Å². The summed E-state index contributed by atoms with van der Waals surface area (Å²) < 4.78 is 0. The summed E-state index contributed by atoms with van der Waals surface area (Å²) in [6, 6.07) is 1.08. The Kier molecular flexibility index (Phi) is 6.82. The first-order valence-electron chi connectivity index (χ1n) is 6.86. The number of aryl methyl sites for hydroxylation is 1. The predicted octanol–water partition coefficient (Wildman–Crippen LogP) is 3.22. The van der Waals surface area contributed by atoms with Gasteiger partial charge >= 0.3 is 0 Å². The lowest BCUT2D eigenvalue weighted by Crippen LogP contribution is -2.28. The highest BCUT2D eigenvalue weighted by Crippen LogP contribution is 2.20. The van der Waals surface area contributed by atoms with Crippen molar-refractivity contribution < 1.29 is 0 Å². The standard InChI is InChI=1S/C14H27N3S/c1-11(2)17(5)9-7-6-8-15-12(3)14-13(4)16-10-18-14/h10-12,15H,6-9H2,1-5H3. The van der Waals surface area contributed by atoms with Crippen LogP contribution in [-0.4, -0.2) is 36.1 Å². The fraction of sp³-hybridized carbons (Fsp3) is 0.786. The Balaban J connectivity index is 2.13. The second-order valence-corrected chi connectivity index (χ2v) is 6.15. The Hall–Kier alpha value is -0.450. The van der Waals surface area contributed by atoms with Gasteiger partial charge in [-0.3, -0.25) is 0 Å². The zero-order valence-corrected chi connectivity index (χ0v) is 13.2. The van der Waals surface area contributed by atoms with E-state index in [4.69, 9.17) is 0 Å². The highest BCUT2D eigenvalue weighted by molar-refractivity contribution is 7.09. The molecule has 0 saturated heterocycles. The van der Waals surface area contributed by atoms with E-state index in [0.717, 1.165) is 6.54 Å². The molecule has 1 unspecified atom stereocenters. The Bertz CT molecular complexity index is 336. The normalized spacial score (nSPS) is 13.5. The lowest BCUT2D eigenvalue weighted by Gasteiger charge is -2.21. The lowest BCUT2D eigenvalue weighted by molar-refractivity contribution is 0.267. The SMILES string of the molecule is Cc1ncsc1C(C)NCCCCN(C)C(C)C. The molecule has 1 rings (SSSR count). The minimum Gasteiger partial charge on any atom is -0.309 e. The van der Waals surface area contributed by atoms with Crippen molar-refractivity contribution >= 4 is 11.3 Å². The molecule has 18 heavy (non-hydrogen) atoms. The number of rotatable bonds is 8. The van der Waals surface area contributed by atoms with E-state index in [2.05, 4.69) is 49.9 Å². The first-order chi connectivity index (χ1) is 8.52. The van der Waals surface area contributed by atoms with Crippen molar-refractivity contribution in [2.45, 2.75) is 52.6 Å². The van der Waals surface area contributed by atoms with E-state index >= 15 is 0 Å². The summed E-state index contributed by atoms with van der Waals surface area (Å²) in [6.45, 7) is 11.1. The molecule has 0 aliphatic heterocycles. The highest BCUT2D eigenvalue weighted by atomic mass is 32.1. The van der Waals surface area contributed by atoms with E-state index in [0.29, 0.717) is 12.1 Å². The molecule has 3 nitrogen and oxygen atoms in total. The lowest BCUT2D eigenvalue weighted by atomic mass is 10.2. The van der Waals surface area contributed by atoms with Gasteiger partial charge in [0.2, 0.25) is 0 Å². The van der Waals surface area contributed by atoms with E-state index in [1.165, 1.54) is 30.0 Å². The zero-order chi connectivity index (χ0) is 13.5. The van der Waals surface area contributed by atoms with Crippen molar-refractivity contribution in [1.82, 2.24) is 15.2 Å². The Morgan fingerprint density at radius 1 is 1.33 bits per heavy atom. The van der Waals surface area contributed by atoms with Gasteiger partial charge in [-0.15, -0.1) is 11.3 Å². The fourth-order valence-electron chi connectivity index (χ4n) is 1.88. The van der Waals surface area contributed by atoms with E-state index in [-0.39, 0.29) is 0 Å².